The molecule has 0 bridgehead atoms. The summed E-state index contributed by atoms with van der Waals surface area (Å²) < 4.78 is 27.1. The molecule has 0 saturated heterocycles. The van der Waals surface area contributed by atoms with Gasteiger partial charge in [-0.3, -0.25) is 0 Å². The molecule has 0 fully saturated rings. The van der Waals surface area contributed by atoms with Gasteiger partial charge in [-0.05, 0) is 43.7 Å². The Morgan fingerprint density at radius 2 is 1.55 bits per heavy atom. The zero-order valence-corrected chi connectivity index (χ0v) is 12.9. The number of hydrogen-bond acceptors (Lipinski definition) is 2. The van der Waals surface area contributed by atoms with Gasteiger partial charge in [0.05, 0.1) is 4.90 Å². The molecule has 0 aliphatic carbocycles. The lowest BCUT2D eigenvalue weighted by atomic mass is 10.1. The van der Waals surface area contributed by atoms with Crippen LogP contribution in [0.4, 0.5) is 0 Å². The van der Waals surface area contributed by atoms with Crippen molar-refractivity contribution in [3.8, 4) is 0 Å². The van der Waals surface area contributed by atoms with Crippen molar-refractivity contribution >= 4 is 21.6 Å². The van der Waals surface area contributed by atoms with Crippen molar-refractivity contribution in [3.05, 3.63) is 64.7 Å². The highest BCUT2D eigenvalue weighted by Gasteiger charge is 2.18. The number of sulfonamides is 1. The molecule has 0 saturated carbocycles. The van der Waals surface area contributed by atoms with Gasteiger partial charge in [-0.1, -0.05) is 41.4 Å². The van der Waals surface area contributed by atoms with Crippen molar-refractivity contribution in [2.24, 2.45) is 0 Å². The Hall–Kier alpha value is -1.36. The molecule has 0 aromatic heterocycles. The topological polar surface area (TPSA) is 46.2 Å². The van der Waals surface area contributed by atoms with Gasteiger partial charge in [0.2, 0.25) is 10.0 Å². The molecule has 0 aliphatic rings. The summed E-state index contributed by atoms with van der Waals surface area (Å²) >= 11 is 5.76. The average molecular weight is 310 g/mol. The van der Waals surface area contributed by atoms with Crippen LogP contribution in [0.15, 0.2) is 53.4 Å². The SMILES string of the molecule is Cc1ccc(C(C)NS(=O)(=O)c2ccc(Cl)cc2)cc1. The minimum Gasteiger partial charge on any atom is -0.207 e. The van der Waals surface area contributed by atoms with E-state index in [4.69, 9.17) is 11.6 Å². The monoisotopic (exact) mass is 309 g/mol. The second kappa shape index (κ2) is 5.95. The van der Waals surface area contributed by atoms with E-state index >= 15 is 0 Å². The molecule has 20 heavy (non-hydrogen) atoms. The second-order valence-electron chi connectivity index (χ2n) is 4.71. The third-order valence-electron chi connectivity index (χ3n) is 3.03. The van der Waals surface area contributed by atoms with E-state index in [1.165, 1.54) is 12.1 Å². The predicted octanol–water partition coefficient (Wildman–Crippen LogP) is 3.69. The number of benzene rings is 2. The molecule has 0 spiro atoms. The average Bonchev–Trinajstić information content (AvgIpc) is 2.39. The van der Waals surface area contributed by atoms with Crippen LogP contribution in [0.2, 0.25) is 5.02 Å². The van der Waals surface area contributed by atoms with Crippen LogP contribution >= 0.6 is 11.6 Å². The maximum atomic E-state index is 12.2. The third kappa shape index (κ3) is 3.60. The summed E-state index contributed by atoms with van der Waals surface area (Å²) in [6, 6.07) is 13.6. The molecule has 1 atom stereocenters. The van der Waals surface area contributed by atoms with Gasteiger partial charge in [0, 0.05) is 11.1 Å². The third-order valence-corrected chi connectivity index (χ3v) is 4.84. The number of aryl methyl sites for hydroxylation is 1. The lowest BCUT2D eigenvalue weighted by molar-refractivity contribution is 0.567. The molecule has 2 rings (SSSR count). The van der Waals surface area contributed by atoms with Crippen molar-refractivity contribution in [1.82, 2.24) is 4.72 Å². The van der Waals surface area contributed by atoms with Gasteiger partial charge in [-0.25, -0.2) is 13.1 Å². The summed E-state index contributed by atoms with van der Waals surface area (Å²) in [6.45, 7) is 3.81. The minimum atomic E-state index is -3.54. The summed E-state index contributed by atoms with van der Waals surface area (Å²) in [4.78, 5) is 0.209. The van der Waals surface area contributed by atoms with Crippen LogP contribution in [0.25, 0.3) is 0 Å². The van der Waals surface area contributed by atoms with Gasteiger partial charge >= 0.3 is 0 Å². The van der Waals surface area contributed by atoms with Gasteiger partial charge < -0.3 is 0 Å². The maximum absolute atomic E-state index is 12.2. The fraction of sp³-hybridized carbons (Fsp3) is 0.200. The Bertz CT molecular complexity index is 679. The Kier molecular flexibility index (Phi) is 4.48. The summed E-state index contributed by atoms with van der Waals surface area (Å²) in [5.74, 6) is 0. The summed E-state index contributed by atoms with van der Waals surface area (Å²) in [6.07, 6.45) is 0. The first kappa shape index (κ1) is 15.0. The van der Waals surface area contributed by atoms with E-state index < -0.39 is 10.0 Å². The number of nitrogens with one attached hydrogen (secondary N) is 1. The van der Waals surface area contributed by atoms with Gasteiger partial charge in [0.15, 0.2) is 0 Å². The first-order valence-corrected chi connectivity index (χ1v) is 8.09. The highest BCUT2D eigenvalue weighted by atomic mass is 35.5. The second-order valence-corrected chi connectivity index (χ2v) is 6.86. The molecule has 0 heterocycles. The van der Waals surface area contributed by atoms with E-state index in [9.17, 15) is 8.42 Å². The molecular weight excluding hydrogens is 294 g/mol. The molecule has 3 nitrogen and oxygen atoms in total. The zero-order chi connectivity index (χ0) is 14.8. The van der Waals surface area contributed by atoms with Crippen LogP contribution in [0.5, 0.6) is 0 Å². The first-order chi connectivity index (χ1) is 9.38. The maximum Gasteiger partial charge on any atom is 0.241 e. The van der Waals surface area contributed by atoms with Crippen LogP contribution in [0.3, 0.4) is 0 Å². The van der Waals surface area contributed by atoms with Crippen molar-refractivity contribution in [3.63, 3.8) is 0 Å². The molecule has 0 aliphatic heterocycles. The van der Waals surface area contributed by atoms with E-state index in [2.05, 4.69) is 4.72 Å². The van der Waals surface area contributed by atoms with Crippen LogP contribution in [0, 0.1) is 6.92 Å². The predicted molar refractivity (Wildman–Crippen MR) is 81.4 cm³/mol. The molecule has 106 valence electrons. The van der Waals surface area contributed by atoms with Crippen LogP contribution in [0.1, 0.15) is 24.1 Å². The number of hydrogen-bond donors (Lipinski definition) is 1. The quantitative estimate of drug-likeness (QED) is 0.936. The minimum absolute atomic E-state index is 0.209. The largest absolute Gasteiger partial charge is 0.241 e. The number of halogens is 1. The van der Waals surface area contributed by atoms with E-state index in [-0.39, 0.29) is 10.9 Å². The summed E-state index contributed by atoms with van der Waals surface area (Å²) in [5, 5.41) is 0.510. The fourth-order valence-electron chi connectivity index (χ4n) is 1.84. The number of rotatable bonds is 4. The molecule has 2 aromatic rings. The van der Waals surface area contributed by atoms with Gasteiger partial charge in [-0.2, -0.15) is 0 Å². The van der Waals surface area contributed by atoms with Gasteiger partial charge in [0.1, 0.15) is 0 Å². The smallest absolute Gasteiger partial charge is 0.207 e. The van der Waals surface area contributed by atoms with E-state index in [0.717, 1.165) is 11.1 Å². The van der Waals surface area contributed by atoms with Crippen molar-refractivity contribution in [2.75, 3.05) is 0 Å². The fourth-order valence-corrected chi connectivity index (χ4v) is 3.20. The van der Waals surface area contributed by atoms with Crippen molar-refractivity contribution < 1.29 is 8.42 Å². The molecule has 1 N–H and O–H groups in total. The molecule has 0 amide bonds. The van der Waals surface area contributed by atoms with E-state index in [0.29, 0.717) is 5.02 Å². The summed E-state index contributed by atoms with van der Waals surface area (Å²) in [7, 11) is -3.54. The summed E-state index contributed by atoms with van der Waals surface area (Å²) in [5.41, 5.74) is 2.06. The van der Waals surface area contributed by atoms with Gasteiger partial charge in [0.25, 0.3) is 0 Å². The van der Waals surface area contributed by atoms with Crippen molar-refractivity contribution in [1.29, 1.82) is 0 Å². The molecule has 0 radical (unpaired) electrons. The zero-order valence-electron chi connectivity index (χ0n) is 11.3. The highest BCUT2D eigenvalue weighted by molar-refractivity contribution is 7.89. The molecular formula is C15H16ClNO2S. The first-order valence-electron chi connectivity index (χ1n) is 6.23. The lowest BCUT2D eigenvalue weighted by Gasteiger charge is -2.15. The lowest BCUT2D eigenvalue weighted by Crippen LogP contribution is -2.26. The Labute approximate surface area is 124 Å². The Balaban J connectivity index is 2.19. The Morgan fingerprint density at radius 1 is 1.00 bits per heavy atom. The Morgan fingerprint density at radius 3 is 2.10 bits per heavy atom. The molecule has 5 heteroatoms. The molecule has 1 unspecified atom stereocenters. The van der Waals surface area contributed by atoms with Crippen LogP contribution in [-0.2, 0) is 10.0 Å². The van der Waals surface area contributed by atoms with Crippen LogP contribution < -0.4 is 4.72 Å². The normalized spacial score (nSPS) is 13.2. The standard InChI is InChI=1S/C15H16ClNO2S/c1-11-3-5-13(6-4-11)12(2)17-20(18,19)15-9-7-14(16)8-10-15/h3-10,12,17H,1-2H3. The van der Waals surface area contributed by atoms with Gasteiger partial charge in [-0.15, -0.1) is 0 Å². The van der Waals surface area contributed by atoms with Crippen molar-refractivity contribution in [2.45, 2.75) is 24.8 Å². The highest BCUT2D eigenvalue weighted by Crippen LogP contribution is 2.19. The van der Waals surface area contributed by atoms with Crippen LogP contribution in [-0.4, -0.2) is 8.42 Å². The molecule has 2 aromatic carbocycles. The van der Waals surface area contributed by atoms with E-state index in [1.54, 1.807) is 12.1 Å². The van der Waals surface area contributed by atoms with E-state index in [1.807, 2.05) is 38.1 Å².